The van der Waals surface area contributed by atoms with Gasteiger partial charge in [0.2, 0.25) is 0 Å². The summed E-state index contributed by atoms with van der Waals surface area (Å²) >= 11 is 0. The highest BCUT2D eigenvalue weighted by Gasteiger charge is 2.24. The van der Waals surface area contributed by atoms with Crippen molar-refractivity contribution >= 4 is 0 Å². The molecule has 0 radical (unpaired) electrons. The number of hydrogen-bond acceptors (Lipinski definition) is 1. The van der Waals surface area contributed by atoms with Crippen LogP contribution in [-0.4, -0.2) is 12.1 Å². The molecule has 0 spiro atoms. The first kappa shape index (κ1) is 15.0. The molecule has 1 N–H and O–H groups in total. The molecule has 1 rings (SSSR count). The van der Waals surface area contributed by atoms with E-state index in [2.05, 4.69) is 39.9 Å². The second-order valence-corrected chi connectivity index (χ2v) is 7.33. The molecule has 0 amide bonds. The van der Waals surface area contributed by atoms with Crippen LogP contribution in [0.3, 0.4) is 0 Å². The van der Waals surface area contributed by atoms with Gasteiger partial charge in [-0.2, -0.15) is 0 Å². The standard InChI is InChI=1S/C16H33N/c1-13(2)8-9-14(3)17-15-7-6-11-16(4,5)12-10-15/h13-15,17H,6-12H2,1-5H3. The monoisotopic (exact) mass is 239 g/mol. The highest BCUT2D eigenvalue weighted by molar-refractivity contribution is 4.81. The molecule has 2 unspecified atom stereocenters. The SMILES string of the molecule is CC(C)CCC(C)NC1CCCC(C)(C)CC1. The zero-order chi connectivity index (χ0) is 12.9. The lowest BCUT2D eigenvalue weighted by Gasteiger charge is -2.24. The van der Waals surface area contributed by atoms with Crippen molar-refractivity contribution in [3.63, 3.8) is 0 Å². The van der Waals surface area contributed by atoms with Crippen molar-refractivity contribution in [2.24, 2.45) is 11.3 Å². The summed E-state index contributed by atoms with van der Waals surface area (Å²) in [5.74, 6) is 0.840. The van der Waals surface area contributed by atoms with Gasteiger partial charge in [-0.3, -0.25) is 0 Å². The Morgan fingerprint density at radius 1 is 1.06 bits per heavy atom. The summed E-state index contributed by atoms with van der Waals surface area (Å²) in [5, 5.41) is 3.85. The average molecular weight is 239 g/mol. The van der Waals surface area contributed by atoms with E-state index >= 15 is 0 Å². The molecule has 1 heteroatoms. The van der Waals surface area contributed by atoms with E-state index in [9.17, 15) is 0 Å². The van der Waals surface area contributed by atoms with Crippen molar-refractivity contribution < 1.29 is 0 Å². The minimum atomic E-state index is 0.581. The smallest absolute Gasteiger partial charge is 0.00697 e. The second kappa shape index (κ2) is 6.78. The van der Waals surface area contributed by atoms with Gasteiger partial charge in [-0.15, -0.1) is 0 Å². The number of rotatable bonds is 5. The molecule has 0 aromatic heterocycles. The molecule has 1 aliphatic carbocycles. The molecule has 1 nitrogen and oxygen atoms in total. The molecule has 0 saturated heterocycles. The fourth-order valence-corrected chi connectivity index (χ4v) is 2.90. The van der Waals surface area contributed by atoms with Gasteiger partial charge in [0.15, 0.2) is 0 Å². The third-order valence-electron chi connectivity index (χ3n) is 4.27. The van der Waals surface area contributed by atoms with Crippen LogP contribution in [0.4, 0.5) is 0 Å². The summed E-state index contributed by atoms with van der Waals surface area (Å²) in [6.45, 7) is 11.9. The van der Waals surface area contributed by atoms with Gasteiger partial charge in [0, 0.05) is 12.1 Å². The summed E-state index contributed by atoms with van der Waals surface area (Å²) in [7, 11) is 0. The molecule has 17 heavy (non-hydrogen) atoms. The predicted molar refractivity (Wildman–Crippen MR) is 77.3 cm³/mol. The zero-order valence-electron chi connectivity index (χ0n) is 12.7. The van der Waals surface area contributed by atoms with Crippen molar-refractivity contribution in [3.8, 4) is 0 Å². The quantitative estimate of drug-likeness (QED) is 0.682. The Hall–Kier alpha value is -0.0400. The van der Waals surface area contributed by atoms with Crippen LogP contribution in [0.5, 0.6) is 0 Å². The van der Waals surface area contributed by atoms with E-state index in [0.717, 1.165) is 12.0 Å². The maximum absolute atomic E-state index is 3.85. The predicted octanol–water partition coefficient (Wildman–Crippen LogP) is 4.76. The lowest BCUT2D eigenvalue weighted by Crippen LogP contribution is -2.36. The Balaban J connectivity index is 2.26. The Morgan fingerprint density at radius 3 is 2.41 bits per heavy atom. The molecule has 1 aliphatic rings. The van der Waals surface area contributed by atoms with E-state index in [1.807, 2.05) is 0 Å². The summed E-state index contributed by atoms with van der Waals surface area (Å²) in [6.07, 6.45) is 9.65. The topological polar surface area (TPSA) is 12.0 Å². The van der Waals surface area contributed by atoms with Crippen molar-refractivity contribution in [1.82, 2.24) is 5.32 Å². The van der Waals surface area contributed by atoms with Crippen molar-refractivity contribution in [2.45, 2.75) is 91.6 Å². The Bertz CT molecular complexity index is 208. The van der Waals surface area contributed by atoms with Crippen LogP contribution in [0.1, 0.15) is 79.6 Å². The lowest BCUT2D eigenvalue weighted by atomic mass is 9.85. The number of hydrogen-bond donors (Lipinski definition) is 1. The van der Waals surface area contributed by atoms with Gasteiger partial charge < -0.3 is 5.32 Å². The van der Waals surface area contributed by atoms with E-state index in [1.54, 1.807) is 0 Å². The van der Waals surface area contributed by atoms with Gasteiger partial charge in [-0.25, -0.2) is 0 Å². The van der Waals surface area contributed by atoms with Crippen molar-refractivity contribution in [2.75, 3.05) is 0 Å². The third-order valence-corrected chi connectivity index (χ3v) is 4.27. The van der Waals surface area contributed by atoms with E-state index in [-0.39, 0.29) is 0 Å². The minimum Gasteiger partial charge on any atom is -0.312 e. The van der Waals surface area contributed by atoms with Crippen LogP contribution in [-0.2, 0) is 0 Å². The Labute approximate surface area is 109 Å². The normalized spacial score (nSPS) is 26.8. The maximum atomic E-state index is 3.85. The largest absolute Gasteiger partial charge is 0.312 e. The molecule has 0 aromatic rings. The summed E-state index contributed by atoms with van der Waals surface area (Å²) < 4.78 is 0. The molecule has 1 fully saturated rings. The molecule has 0 bridgehead atoms. The maximum Gasteiger partial charge on any atom is 0.00697 e. The van der Waals surface area contributed by atoms with Gasteiger partial charge in [-0.05, 0) is 56.8 Å². The Kier molecular flexibility index (Phi) is 5.99. The van der Waals surface area contributed by atoms with Crippen LogP contribution in [0, 0.1) is 11.3 Å². The summed E-state index contributed by atoms with van der Waals surface area (Å²) in [5.41, 5.74) is 0.581. The average Bonchev–Trinajstić information content (AvgIpc) is 2.37. The fraction of sp³-hybridized carbons (Fsp3) is 1.00. The molecule has 0 aliphatic heterocycles. The van der Waals surface area contributed by atoms with Gasteiger partial charge in [-0.1, -0.05) is 34.1 Å². The first-order valence-electron chi connectivity index (χ1n) is 7.65. The zero-order valence-corrected chi connectivity index (χ0v) is 12.7. The molecule has 0 aromatic carbocycles. The Morgan fingerprint density at radius 2 is 1.76 bits per heavy atom. The minimum absolute atomic E-state index is 0.581. The first-order valence-corrected chi connectivity index (χ1v) is 7.65. The molecule has 0 heterocycles. The van der Waals surface area contributed by atoms with E-state index < -0.39 is 0 Å². The number of nitrogens with one attached hydrogen (secondary N) is 1. The first-order chi connectivity index (χ1) is 7.89. The van der Waals surface area contributed by atoms with E-state index in [4.69, 9.17) is 0 Å². The highest BCUT2D eigenvalue weighted by Crippen LogP contribution is 2.33. The van der Waals surface area contributed by atoms with Crippen LogP contribution < -0.4 is 5.32 Å². The second-order valence-electron chi connectivity index (χ2n) is 7.33. The highest BCUT2D eigenvalue weighted by atomic mass is 14.9. The summed E-state index contributed by atoms with van der Waals surface area (Å²) in [6, 6.07) is 1.47. The fourth-order valence-electron chi connectivity index (χ4n) is 2.90. The van der Waals surface area contributed by atoms with Crippen LogP contribution >= 0.6 is 0 Å². The van der Waals surface area contributed by atoms with E-state index in [0.29, 0.717) is 11.5 Å². The van der Waals surface area contributed by atoms with Crippen molar-refractivity contribution in [3.05, 3.63) is 0 Å². The molecule has 102 valence electrons. The van der Waals surface area contributed by atoms with Crippen LogP contribution in [0.2, 0.25) is 0 Å². The van der Waals surface area contributed by atoms with Gasteiger partial charge >= 0.3 is 0 Å². The summed E-state index contributed by atoms with van der Waals surface area (Å²) in [4.78, 5) is 0. The molecule has 1 saturated carbocycles. The van der Waals surface area contributed by atoms with Gasteiger partial charge in [0.25, 0.3) is 0 Å². The molecular weight excluding hydrogens is 206 g/mol. The lowest BCUT2D eigenvalue weighted by molar-refractivity contribution is 0.305. The molecular formula is C16H33N. The molecule has 2 atom stereocenters. The van der Waals surface area contributed by atoms with Crippen LogP contribution in [0.15, 0.2) is 0 Å². The van der Waals surface area contributed by atoms with Gasteiger partial charge in [0.05, 0.1) is 0 Å². The third kappa shape index (κ3) is 6.45. The van der Waals surface area contributed by atoms with Crippen molar-refractivity contribution in [1.29, 1.82) is 0 Å². The van der Waals surface area contributed by atoms with E-state index in [1.165, 1.54) is 44.9 Å². The van der Waals surface area contributed by atoms with Crippen LogP contribution in [0.25, 0.3) is 0 Å². The van der Waals surface area contributed by atoms with Gasteiger partial charge in [0.1, 0.15) is 0 Å².